The summed E-state index contributed by atoms with van der Waals surface area (Å²) in [6.07, 6.45) is 1.81. The number of thioether (sulfide) groups is 1. The second-order valence-corrected chi connectivity index (χ2v) is 4.97. The minimum atomic E-state index is -0.361. The van der Waals surface area contributed by atoms with Gasteiger partial charge in [0.2, 0.25) is 5.75 Å². The van der Waals surface area contributed by atoms with Crippen LogP contribution in [0.25, 0.3) is 0 Å². The lowest BCUT2D eigenvalue weighted by Crippen LogP contribution is -2.39. The summed E-state index contributed by atoms with van der Waals surface area (Å²) in [5.74, 6) is 0.883. The topological polar surface area (TPSA) is 68.8 Å². The van der Waals surface area contributed by atoms with Gasteiger partial charge < -0.3 is 14.2 Å². The van der Waals surface area contributed by atoms with Gasteiger partial charge in [0.05, 0.1) is 21.3 Å². The molecular weight excluding hydrogens is 300 g/mol. The molecular formula is C12H16N2O4S2. The molecule has 0 aliphatic carbocycles. The highest BCUT2D eigenvalue weighted by molar-refractivity contribution is 8.22. The van der Waals surface area contributed by atoms with Crippen molar-refractivity contribution in [3.63, 3.8) is 0 Å². The standard InChI is InChI=1S/C12H16N2O4S2/c1-16-8-5-7(6-9(17-2)10(8)18-3)11(15)13-14-12(19)20-4/h5-6H,1-4H3,(H,13,15)(H,14,19). The van der Waals surface area contributed by atoms with E-state index in [2.05, 4.69) is 10.9 Å². The van der Waals surface area contributed by atoms with Crippen LogP contribution in [-0.2, 0) is 0 Å². The van der Waals surface area contributed by atoms with Crippen LogP contribution in [0.3, 0.4) is 0 Å². The van der Waals surface area contributed by atoms with E-state index < -0.39 is 0 Å². The number of rotatable bonds is 4. The largest absolute Gasteiger partial charge is 0.493 e. The van der Waals surface area contributed by atoms with Crippen molar-refractivity contribution in [3.05, 3.63) is 17.7 Å². The molecule has 0 heterocycles. The van der Waals surface area contributed by atoms with Crippen molar-refractivity contribution in [2.75, 3.05) is 27.6 Å². The molecule has 0 radical (unpaired) electrons. The molecule has 0 aliphatic rings. The SMILES string of the molecule is COc1cc(C(=O)NNC(=S)SC)cc(OC)c1OC. The number of amides is 1. The van der Waals surface area contributed by atoms with Gasteiger partial charge in [0, 0.05) is 5.56 Å². The Kier molecular flexibility index (Phi) is 6.40. The molecule has 6 nitrogen and oxygen atoms in total. The van der Waals surface area contributed by atoms with Crippen LogP contribution in [0.1, 0.15) is 10.4 Å². The predicted octanol–water partition coefficient (Wildman–Crippen LogP) is 1.59. The summed E-state index contributed by atoms with van der Waals surface area (Å²) in [6, 6.07) is 3.11. The third-order valence-electron chi connectivity index (χ3n) is 2.39. The third kappa shape index (κ3) is 3.91. The van der Waals surface area contributed by atoms with Crippen molar-refractivity contribution in [1.82, 2.24) is 10.9 Å². The molecule has 0 saturated heterocycles. The van der Waals surface area contributed by atoms with Crippen LogP contribution in [0, 0.1) is 0 Å². The average Bonchev–Trinajstić information content (AvgIpc) is 2.50. The van der Waals surface area contributed by atoms with Gasteiger partial charge in [-0.2, -0.15) is 0 Å². The van der Waals surface area contributed by atoms with E-state index in [4.69, 9.17) is 26.4 Å². The lowest BCUT2D eigenvalue weighted by Gasteiger charge is -2.14. The molecule has 0 fully saturated rings. The van der Waals surface area contributed by atoms with Gasteiger partial charge in [0.25, 0.3) is 5.91 Å². The minimum absolute atomic E-state index is 0.357. The van der Waals surface area contributed by atoms with E-state index >= 15 is 0 Å². The van der Waals surface area contributed by atoms with Crippen LogP contribution in [0.5, 0.6) is 17.2 Å². The second-order valence-electron chi connectivity index (χ2n) is 3.48. The Balaban J connectivity index is 3.00. The van der Waals surface area contributed by atoms with E-state index in [0.29, 0.717) is 27.1 Å². The summed E-state index contributed by atoms with van der Waals surface area (Å²) in [4.78, 5) is 12.0. The molecule has 0 saturated carbocycles. The van der Waals surface area contributed by atoms with Crippen molar-refractivity contribution in [1.29, 1.82) is 0 Å². The van der Waals surface area contributed by atoms with Crippen LogP contribution in [0.15, 0.2) is 12.1 Å². The van der Waals surface area contributed by atoms with E-state index in [1.807, 2.05) is 0 Å². The first-order valence-electron chi connectivity index (χ1n) is 5.51. The van der Waals surface area contributed by atoms with Crippen LogP contribution < -0.4 is 25.1 Å². The van der Waals surface area contributed by atoms with Crippen LogP contribution in [0.2, 0.25) is 0 Å². The highest BCUT2D eigenvalue weighted by Crippen LogP contribution is 2.38. The number of carbonyl (C=O) groups is 1. The van der Waals surface area contributed by atoms with Crippen LogP contribution >= 0.6 is 24.0 Å². The number of ether oxygens (including phenoxy) is 3. The number of hydrogen-bond donors (Lipinski definition) is 2. The van der Waals surface area contributed by atoms with Gasteiger partial charge in [-0.05, 0) is 18.4 Å². The van der Waals surface area contributed by atoms with Crippen LogP contribution in [0.4, 0.5) is 0 Å². The highest BCUT2D eigenvalue weighted by Gasteiger charge is 2.16. The van der Waals surface area contributed by atoms with Gasteiger partial charge in [0.15, 0.2) is 15.8 Å². The van der Waals surface area contributed by atoms with Gasteiger partial charge in [-0.1, -0.05) is 24.0 Å². The third-order valence-corrected chi connectivity index (χ3v) is 3.47. The summed E-state index contributed by atoms with van der Waals surface area (Å²) in [5.41, 5.74) is 5.46. The zero-order valence-electron chi connectivity index (χ0n) is 11.6. The molecule has 2 N–H and O–H groups in total. The Hall–Kier alpha value is -1.67. The molecule has 20 heavy (non-hydrogen) atoms. The molecule has 0 unspecified atom stereocenters. The van der Waals surface area contributed by atoms with Gasteiger partial charge in [-0.25, -0.2) is 0 Å². The lowest BCUT2D eigenvalue weighted by atomic mass is 10.1. The number of hydrogen-bond acceptors (Lipinski definition) is 6. The first-order chi connectivity index (χ1) is 9.57. The fourth-order valence-electron chi connectivity index (χ4n) is 1.44. The molecule has 1 rings (SSSR count). The molecule has 8 heteroatoms. The van der Waals surface area contributed by atoms with E-state index in [1.165, 1.54) is 33.1 Å². The number of thiocarbonyl (C=S) groups is 1. The van der Waals surface area contributed by atoms with E-state index in [1.54, 1.807) is 18.4 Å². The molecule has 110 valence electrons. The van der Waals surface area contributed by atoms with Crippen molar-refractivity contribution in [3.8, 4) is 17.2 Å². The number of methoxy groups -OCH3 is 3. The summed E-state index contributed by atoms with van der Waals surface area (Å²) >= 11 is 6.25. The molecule has 1 aromatic rings. The monoisotopic (exact) mass is 316 g/mol. The fraction of sp³-hybridized carbons (Fsp3) is 0.333. The number of nitrogens with one attached hydrogen (secondary N) is 2. The number of carbonyl (C=O) groups excluding carboxylic acids is 1. The van der Waals surface area contributed by atoms with Gasteiger partial charge >= 0.3 is 0 Å². The average molecular weight is 316 g/mol. The Bertz CT molecular complexity index is 483. The Morgan fingerprint density at radius 2 is 1.65 bits per heavy atom. The van der Waals surface area contributed by atoms with Gasteiger partial charge in [-0.3, -0.25) is 15.6 Å². The molecule has 0 bridgehead atoms. The van der Waals surface area contributed by atoms with Crippen molar-refractivity contribution in [2.45, 2.75) is 0 Å². The Morgan fingerprint density at radius 1 is 1.10 bits per heavy atom. The maximum absolute atomic E-state index is 12.0. The van der Waals surface area contributed by atoms with E-state index in [0.717, 1.165) is 0 Å². The molecule has 1 aromatic carbocycles. The maximum atomic E-state index is 12.0. The molecule has 0 aromatic heterocycles. The quantitative estimate of drug-likeness (QED) is 0.646. The molecule has 1 amide bonds. The maximum Gasteiger partial charge on any atom is 0.269 e. The second kappa shape index (κ2) is 7.81. The smallest absolute Gasteiger partial charge is 0.269 e. The molecule has 0 aliphatic heterocycles. The van der Waals surface area contributed by atoms with E-state index in [-0.39, 0.29) is 5.91 Å². The molecule has 0 spiro atoms. The van der Waals surface area contributed by atoms with Crippen molar-refractivity contribution < 1.29 is 19.0 Å². The summed E-state index contributed by atoms with van der Waals surface area (Å²) < 4.78 is 16.0. The fourth-order valence-corrected chi connectivity index (χ4v) is 1.65. The first kappa shape index (κ1) is 16.4. The van der Waals surface area contributed by atoms with E-state index in [9.17, 15) is 4.79 Å². The van der Waals surface area contributed by atoms with Gasteiger partial charge in [-0.15, -0.1) is 0 Å². The summed E-state index contributed by atoms with van der Waals surface area (Å²) in [6.45, 7) is 0. The van der Waals surface area contributed by atoms with Crippen molar-refractivity contribution >= 4 is 34.2 Å². The zero-order chi connectivity index (χ0) is 15.1. The Morgan fingerprint density at radius 3 is 2.05 bits per heavy atom. The Labute approximate surface area is 127 Å². The summed E-state index contributed by atoms with van der Waals surface area (Å²) in [7, 11) is 4.47. The predicted molar refractivity (Wildman–Crippen MR) is 82.8 cm³/mol. The highest BCUT2D eigenvalue weighted by atomic mass is 32.2. The van der Waals surface area contributed by atoms with Crippen LogP contribution in [-0.4, -0.2) is 37.8 Å². The van der Waals surface area contributed by atoms with Crippen molar-refractivity contribution in [2.24, 2.45) is 0 Å². The minimum Gasteiger partial charge on any atom is -0.493 e. The number of hydrazine groups is 1. The summed E-state index contributed by atoms with van der Waals surface area (Å²) in [5, 5.41) is 0. The first-order valence-corrected chi connectivity index (χ1v) is 7.15. The zero-order valence-corrected chi connectivity index (χ0v) is 13.2. The normalized spacial score (nSPS) is 9.60. The lowest BCUT2D eigenvalue weighted by molar-refractivity contribution is 0.0944. The molecule has 0 atom stereocenters. The number of benzene rings is 1. The van der Waals surface area contributed by atoms with Gasteiger partial charge in [0.1, 0.15) is 0 Å².